The Morgan fingerprint density at radius 1 is 0.467 bits per heavy atom. The van der Waals surface area contributed by atoms with Crippen LogP contribution in [0.4, 0.5) is 0 Å². The second-order valence-electron chi connectivity index (χ2n) is 16.0. The average Bonchev–Trinajstić information content (AvgIpc) is 4.05. The molecule has 0 radical (unpaired) electrons. The first-order chi connectivity index (χ1) is 31.5. The molecule has 0 saturated carbocycles. The van der Waals surface area contributed by atoms with Crippen LogP contribution in [0.1, 0.15) is 31.8 Å². The highest BCUT2D eigenvalue weighted by atomic mass is 16.3. The van der Waals surface area contributed by atoms with Crippen LogP contribution in [0.25, 0.3) is 117 Å². The number of rotatable bonds is 4. The molecule has 0 bridgehead atoms. The Balaban J connectivity index is 1.02. The van der Waals surface area contributed by atoms with Gasteiger partial charge in [0.15, 0.2) is 17.5 Å². The van der Waals surface area contributed by atoms with Crippen molar-refractivity contribution in [1.29, 1.82) is 0 Å². The maximum Gasteiger partial charge on any atom is 0.164 e. The van der Waals surface area contributed by atoms with E-state index >= 15 is 0 Å². The minimum Gasteiger partial charge on any atom is -0.456 e. The van der Waals surface area contributed by atoms with Crippen LogP contribution in [0, 0.1) is 0 Å². The third-order valence-electron chi connectivity index (χ3n) is 12.3. The van der Waals surface area contributed by atoms with E-state index in [2.05, 4.69) is 97.3 Å². The van der Waals surface area contributed by atoms with Gasteiger partial charge < -0.3 is 13.4 Å². The molecular formula is C54H34N4O2. The van der Waals surface area contributed by atoms with Gasteiger partial charge in [-0.15, -0.1) is 0 Å². The Morgan fingerprint density at radius 3 is 2.08 bits per heavy atom. The summed E-state index contributed by atoms with van der Waals surface area (Å²) in [5.74, 6) is 0.474. The minimum atomic E-state index is -0.497. The molecule has 282 valence electrons. The highest BCUT2D eigenvalue weighted by Gasteiger charge is 2.36. The highest BCUT2D eigenvalue weighted by molar-refractivity contribution is 6.14. The second kappa shape index (κ2) is 12.1. The van der Waals surface area contributed by atoms with Crippen LogP contribution < -0.4 is 0 Å². The van der Waals surface area contributed by atoms with Crippen molar-refractivity contribution in [3.05, 3.63) is 181 Å². The number of fused-ring (bicyclic) bond motifs is 12. The van der Waals surface area contributed by atoms with Crippen LogP contribution in [-0.4, -0.2) is 19.5 Å². The first-order valence-corrected chi connectivity index (χ1v) is 19.9. The largest absolute Gasteiger partial charge is 0.456 e. The van der Waals surface area contributed by atoms with Crippen LogP contribution in [0.2, 0.25) is 0 Å². The molecule has 4 aromatic heterocycles. The first-order valence-electron chi connectivity index (χ1n) is 22.4. The lowest BCUT2D eigenvalue weighted by Crippen LogP contribution is -2.14. The molecule has 0 amide bonds. The zero-order valence-electron chi connectivity index (χ0n) is 37.4. The Bertz CT molecular complexity index is 4040. The molecular weight excluding hydrogens is 737 g/mol. The van der Waals surface area contributed by atoms with Crippen molar-refractivity contribution in [1.82, 2.24) is 19.5 Å². The molecule has 6 heteroatoms. The lowest BCUT2D eigenvalue weighted by Gasteiger charge is -2.21. The predicted octanol–water partition coefficient (Wildman–Crippen LogP) is 14.1. The molecule has 4 heterocycles. The van der Waals surface area contributed by atoms with Crippen molar-refractivity contribution in [3.63, 3.8) is 0 Å². The van der Waals surface area contributed by atoms with Crippen molar-refractivity contribution in [2.24, 2.45) is 0 Å². The van der Waals surface area contributed by atoms with Crippen LogP contribution in [0.3, 0.4) is 0 Å². The SMILES string of the molecule is [2H]c1c([2H])c([2H])c(-c2nc(-c3ccc4oc5ccccc5c4c3)nc(-c3cccc4oc5cc(-n6c7ccccc7c7cc8c(cc76)C(C)(C)c6ccccc6-8)ccc5c34)n2)c([2H])c1[2H]. The third kappa shape index (κ3) is 4.67. The number of benzene rings is 8. The van der Waals surface area contributed by atoms with E-state index < -0.39 is 30.2 Å². The lowest BCUT2D eigenvalue weighted by atomic mass is 9.82. The third-order valence-corrected chi connectivity index (χ3v) is 12.3. The van der Waals surface area contributed by atoms with E-state index in [1.165, 1.54) is 33.0 Å². The summed E-state index contributed by atoms with van der Waals surface area (Å²) in [5.41, 5.74) is 12.0. The quantitative estimate of drug-likeness (QED) is 0.178. The first kappa shape index (κ1) is 28.6. The fourth-order valence-corrected chi connectivity index (χ4v) is 9.55. The summed E-state index contributed by atoms with van der Waals surface area (Å²) in [4.78, 5) is 14.8. The maximum absolute atomic E-state index is 8.88. The summed E-state index contributed by atoms with van der Waals surface area (Å²) in [6.45, 7) is 4.61. The topological polar surface area (TPSA) is 69.9 Å². The molecule has 0 aliphatic heterocycles. The summed E-state index contributed by atoms with van der Waals surface area (Å²) in [6, 6.07) is 45.1. The van der Waals surface area contributed by atoms with Gasteiger partial charge in [-0.05, 0) is 82.9 Å². The molecule has 0 saturated heterocycles. The van der Waals surface area contributed by atoms with Gasteiger partial charge in [-0.2, -0.15) is 0 Å². The maximum atomic E-state index is 8.88. The van der Waals surface area contributed by atoms with E-state index in [9.17, 15) is 0 Å². The van der Waals surface area contributed by atoms with Crippen molar-refractivity contribution in [3.8, 4) is 51.0 Å². The van der Waals surface area contributed by atoms with Gasteiger partial charge in [0.2, 0.25) is 0 Å². The molecule has 0 fully saturated rings. The van der Waals surface area contributed by atoms with Crippen LogP contribution >= 0.6 is 0 Å². The van der Waals surface area contributed by atoms with Gasteiger partial charge in [-0.3, -0.25) is 0 Å². The Kier molecular flexibility index (Phi) is 5.76. The standard InChI is InChI=1S/C54H34N4O2/c1-54(2)42-19-9-6-15-34(42)39-29-40-35-16-7-10-20-44(35)58(45(40)30-43(39)54)33-24-25-37-49(28-33)60-48-22-12-18-38(50(37)48)53-56-51(31-13-4-3-5-14-31)55-52(57-53)32-23-26-47-41(27-32)36-17-8-11-21-46(36)59-47/h3-30H,1-2H3/i3D,4D,5D,13D,14D. The number of furan rings is 2. The summed E-state index contributed by atoms with van der Waals surface area (Å²) < 4.78 is 58.1. The number of hydrogen-bond acceptors (Lipinski definition) is 5. The van der Waals surface area contributed by atoms with Crippen LogP contribution in [-0.2, 0) is 5.41 Å². The predicted molar refractivity (Wildman–Crippen MR) is 243 cm³/mol. The van der Waals surface area contributed by atoms with Crippen LogP contribution in [0.5, 0.6) is 0 Å². The van der Waals surface area contributed by atoms with Gasteiger partial charge in [-0.1, -0.05) is 117 Å². The number of nitrogens with zero attached hydrogens (tertiary/aromatic N) is 4. The molecule has 1 aliphatic carbocycles. The molecule has 0 unspecified atom stereocenters. The summed E-state index contributed by atoms with van der Waals surface area (Å²) in [5, 5.41) is 5.76. The molecule has 6 nitrogen and oxygen atoms in total. The molecule has 60 heavy (non-hydrogen) atoms. The number of hydrogen-bond donors (Lipinski definition) is 0. The number of aromatic nitrogens is 4. The van der Waals surface area contributed by atoms with E-state index in [0.29, 0.717) is 27.9 Å². The zero-order chi connectivity index (χ0) is 44.0. The van der Waals surface area contributed by atoms with Crippen molar-refractivity contribution in [2.45, 2.75) is 19.3 Å². The molecule has 13 rings (SSSR count). The van der Waals surface area contributed by atoms with E-state index in [-0.39, 0.29) is 28.5 Å². The smallest absolute Gasteiger partial charge is 0.164 e. The molecule has 0 spiro atoms. The summed E-state index contributed by atoms with van der Waals surface area (Å²) in [6.07, 6.45) is 0. The molecule has 0 atom stereocenters. The Morgan fingerprint density at radius 2 is 1.18 bits per heavy atom. The molecule has 8 aromatic carbocycles. The van der Waals surface area contributed by atoms with Crippen molar-refractivity contribution < 1.29 is 15.7 Å². The van der Waals surface area contributed by atoms with E-state index in [1.807, 2.05) is 60.7 Å². The normalized spacial score (nSPS) is 14.5. The van der Waals surface area contributed by atoms with E-state index in [4.69, 9.17) is 30.6 Å². The Hall–Kier alpha value is -7.83. The van der Waals surface area contributed by atoms with Gasteiger partial charge in [0.25, 0.3) is 0 Å². The zero-order valence-corrected chi connectivity index (χ0v) is 32.4. The van der Waals surface area contributed by atoms with Crippen molar-refractivity contribution >= 4 is 65.7 Å². The highest BCUT2D eigenvalue weighted by Crippen LogP contribution is 2.51. The van der Waals surface area contributed by atoms with Gasteiger partial charge in [0, 0.05) is 66.2 Å². The fraction of sp³-hybridized carbons (Fsp3) is 0.0556. The summed E-state index contributed by atoms with van der Waals surface area (Å²) in [7, 11) is 0. The Labute approximate surface area is 351 Å². The summed E-state index contributed by atoms with van der Waals surface area (Å²) >= 11 is 0. The van der Waals surface area contributed by atoms with E-state index in [1.54, 1.807) is 0 Å². The van der Waals surface area contributed by atoms with Crippen LogP contribution in [0.15, 0.2) is 179 Å². The molecule has 1 aliphatic rings. The average molecular weight is 776 g/mol. The lowest BCUT2D eigenvalue weighted by molar-refractivity contribution is 0.661. The minimum absolute atomic E-state index is 0.0460. The monoisotopic (exact) mass is 775 g/mol. The number of para-hydroxylation sites is 2. The second-order valence-corrected chi connectivity index (χ2v) is 16.0. The fourth-order valence-electron chi connectivity index (χ4n) is 9.55. The van der Waals surface area contributed by atoms with Gasteiger partial charge >= 0.3 is 0 Å². The van der Waals surface area contributed by atoms with Gasteiger partial charge in [0.05, 0.1) is 17.9 Å². The van der Waals surface area contributed by atoms with Crippen molar-refractivity contribution in [2.75, 3.05) is 0 Å². The van der Waals surface area contributed by atoms with Gasteiger partial charge in [0.1, 0.15) is 22.3 Å². The van der Waals surface area contributed by atoms with Gasteiger partial charge in [-0.25, -0.2) is 15.0 Å². The molecule has 0 N–H and O–H groups in total. The molecule has 12 aromatic rings. The van der Waals surface area contributed by atoms with E-state index in [0.717, 1.165) is 43.8 Å².